The summed E-state index contributed by atoms with van der Waals surface area (Å²) >= 11 is 0. The summed E-state index contributed by atoms with van der Waals surface area (Å²) < 4.78 is 29.9. The van der Waals surface area contributed by atoms with Gasteiger partial charge in [-0.1, -0.05) is 18.2 Å². The molecule has 0 aromatic heterocycles. The zero-order valence-electron chi connectivity index (χ0n) is 13.1. The van der Waals surface area contributed by atoms with Crippen LogP contribution in [-0.4, -0.2) is 33.3 Å². The Labute approximate surface area is 137 Å². The highest BCUT2D eigenvalue weighted by molar-refractivity contribution is 7.91. The van der Waals surface area contributed by atoms with E-state index < -0.39 is 9.84 Å². The number of ether oxygens (including phenoxy) is 1. The minimum absolute atomic E-state index is 0.0659. The molecule has 0 spiro atoms. The fourth-order valence-corrected chi connectivity index (χ4v) is 3.93. The SMILES string of the molecule is CC=CC=CC(=O)Nc1ccc(S(=O)(=O)CC2CCOC2)cc1. The highest BCUT2D eigenvalue weighted by Crippen LogP contribution is 2.21. The number of allylic oxidation sites excluding steroid dienone is 3. The van der Waals surface area contributed by atoms with Gasteiger partial charge in [-0.05, 0) is 43.5 Å². The second-order valence-electron chi connectivity index (χ2n) is 5.41. The van der Waals surface area contributed by atoms with Gasteiger partial charge >= 0.3 is 0 Å². The molecule has 0 aliphatic carbocycles. The molecule has 124 valence electrons. The van der Waals surface area contributed by atoms with Crippen LogP contribution in [0.5, 0.6) is 0 Å². The van der Waals surface area contributed by atoms with Crippen LogP contribution in [0.2, 0.25) is 0 Å². The largest absolute Gasteiger partial charge is 0.381 e. The molecule has 1 N–H and O–H groups in total. The molecule has 1 heterocycles. The van der Waals surface area contributed by atoms with Gasteiger partial charge in [0.1, 0.15) is 0 Å². The summed E-state index contributed by atoms with van der Waals surface area (Å²) in [6.45, 7) is 3.00. The number of hydrogen-bond donors (Lipinski definition) is 1. The van der Waals surface area contributed by atoms with E-state index >= 15 is 0 Å². The highest BCUT2D eigenvalue weighted by atomic mass is 32.2. The number of sulfone groups is 1. The lowest BCUT2D eigenvalue weighted by molar-refractivity contribution is -0.111. The maximum Gasteiger partial charge on any atom is 0.248 e. The van der Waals surface area contributed by atoms with Gasteiger partial charge in [-0.25, -0.2) is 8.42 Å². The minimum Gasteiger partial charge on any atom is -0.381 e. The average Bonchev–Trinajstić information content (AvgIpc) is 3.00. The Kier molecular flexibility index (Phi) is 6.12. The van der Waals surface area contributed by atoms with Crippen LogP contribution in [0.1, 0.15) is 13.3 Å². The molecular weight excluding hydrogens is 314 g/mol. The number of anilines is 1. The molecule has 0 bridgehead atoms. The van der Waals surface area contributed by atoms with Gasteiger partial charge in [-0.15, -0.1) is 0 Å². The van der Waals surface area contributed by atoms with Gasteiger partial charge in [0.25, 0.3) is 0 Å². The highest BCUT2D eigenvalue weighted by Gasteiger charge is 2.24. The van der Waals surface area contributed by atoms with Crippen LogP contribution >= 0.6 is 0 Å². The Bertz CT molecular complexity index is 684. The third-order valence-corrected chi connectivity index (χ3v) is 5.41. The van der Waals surface area contributed by atoms with Gasteiger partial charge in [0.2, 0.25) is 5.91 Å². The Morgan fingerprint density at radius 2 is 2.04 bits per heavy atom. The van der Waals surface area contributed by atoms with Crippen LogP contribution in [0.15, 0.2) is 53.5 Å². The fraction of sp³-hybridized carbons (Fsp3) is 0.353. The predicted octanol–water partition coefficient (Wildman–Crippen LogP) is 2.57. The molecule has 1 fully saturated rings. The van der Waals surface area contributed by atoms with E-state index in [0.29, 0.717) is 18.9 Å². The first kappa shape index (κ1) is 17.4. The third kappa shape index (κ3) is 5.33. The number of carbonyl (C=O) groups is 1. The second-order valence-corrected chi connectivity index (χ2v) is 7.44. The minimum atomic E-state index is -3.32. The fourth-order valence-electron chi connectivity index (χ4n) is 2.30. The summed E-state index contributed by atoms with van der Waals surface area (Å²) in [5.41, 5.74) is 0.559. The molecule has 1 aromatic rings. The lowest BCUT2D eigenvalue weighted by Gasteiger charge is -2.09. The monoisotopic (exact) mass is 335 g/mol. The molecule has 0 saturated carbocycles. The first-order valence-electron chi connectivity index (χ1n) is 7.52. The van der Waals surface area contributed by atoms with Crippen LogP contribution in [0.4, 0.5) is 5.69 Å². The number of nitrogens with one attached hydrogen (secondary N) is 1. The number of hydrogen-bond acceptors (Lipinski definition) is 4. The van der Waals surface area contributed by atoms with Crippen LogP contribution in [0, 0.1) is 5.92 Å². The second kappa shape index (κ2) is 8.08. The molecule has 0 radical (unpaired) electrons. The number of benzene rings is 1. The van der Waals surface area contributed by atoms with Crippen molar-refractivity contribution in [1.29, 1.82) is 0 Å². The van der Waals surface area contributed by atoms with E-state index in [4.69, 9.17) is 4.74 Å². The molecule has 23 heavy (non-hydrogen) atoms. The number of amides is 1. The van der Waals surface area contributed by atoms with Gasteiger partial charge in [-0.2, -0.15) is 0 Å². The van der Waals surface area contributed by atoms with E-state index in [-0.39, 0.29) is 22.5 Å². The standard InChI is InChI=1S/C17H21NO4S/c1-2-3-4-5-17(19)18-15-6-8-16(9-7-15)23(20,21)13-14-10-11-22-12-14/h2-9,14H,10-13H2,1H3,(H,18,19). The van der Waals surface area contributed by atoms with Gasteiger partial charge in [0.15, 0.2) is 9.84 Å². The summed E-state index contributed by atoms with van der Waals surface area (Å²) in [6.07, 6.45) is 7.40. The number of rotatable bonds is 6. The molecule has 1 aliphatic rings. The molecule has 1 amide bonds. The zero-order valence-corrected chi connectivity index (χ0v) is 13.9. The molecule has 1 atom stereocenters. The van der Waals surface area contributed by atoms with Crippen molar-refractivity contribution < 1.29 is 17.9 Å². The Morgan fingerprint density at radius 1 is 1.30 bits per heavy atom. The van der Waals surface area contributed by atoms with Crippen molar-refractivity contribution in [1.82, 2.24) is 0 Å². The lowest BCUT2D eigenvalue weighted by atomic mass is 10.2. The van der Waals surface area contributed by atoms with E-state index in [1.54, 1.807) is 24.3 Å². The van der Waals surface area contributed by atoms with Crippen LogP contribution in [0.25, 0.3) is 0 Å². The summed E-state index contributed by atoms with van der Waals surface area (Å²) in [4.78, 5) is 11.9. The predicted molar refractivity (Wildman–Crippen MR) is 90.0 cm³/mol. The van der Waals surface area contributed by atoms with Crippen LogP contribution < -0.4 is 5.32 Å². The maximum absolute atomic E-state index is 12.3. The normalized spacial score (nSPS) is 18.7. The Balaban J connectivity index is 1.99. The van der Waals surface area contributed by atoms with E-state index in [1.165, 1.54) is 18.2 Å². The van der Waals surface area contributed by atoms with Gasteiger partial charge in [0.05, 0.1) is 17.3 Å². The summed E-state index contributed by atoms with van der Waals surface area (Å²) in [5, 5.41) is 2.68. The van der Waals surface area contributed by atoms with Crippen molar-refractivity contribution >= 4 is 21.4 Å². The average molecular weight is 335 g/mol. The molecule has 2 rings (SSSR count). The zero-order chi connectivity index (χ0) is 16.7. The van der Waals surface area contributed by atoms with Crippen molar-refractivity contribution in [2.24, 2.45) is 5.92 Å². The molecule has 6 heteroatoms. The molecule has 1 saturated heterocycles. The first-order valence-corrected chi connectivity index (χ1v) is 9.17. The molecule has 1 aliphatic heterocycles. The van der Waals surface area contributed by atoms with E-state index in [2.05, 4.69) is 5.32 Å². The Hall–Kier alpha value is -1.92. The van der Waals surface area contributed by atoms with Crippen molar-refractivity contribution in [3.05, 3.63) is 48.6 Å². The van der Waals surface area contributed by atoms with E-state index in [9.17, 15) is 13.2 Å². The summed E-state index contributed by atoms with van der Waals surface area (Å²) in [7, 11) is -3.32. The van der Waals surface area contributed by atoms with Crippen LogP contribution in [-0.2, 0) is 19.4 Å². The number of carbonyl (C=O) groups excluding carboxylic acids is 1. The Morgan fingerprint density at radius 3 is 2.65 bits per heavy atom. The third-order valence-electron chi connectivity index (χ3n) is 3.51. The molecule has 5 nitrogen and oxygen atoms in total. The van der Waals surface area contributed by atoms with Gasteiger partial charge in [-0.3, -0.25) is 4.79 Å². The van der Waals surface area contributed by atoms with Crippen molar-refractivity contribution in [3.8, 4) is 0 Å². The smallest absolute Gasteiger partial charge is 0.248 e. The molecular formula is C17H21NO4S. The quantitative estimate of drug-likeness (QED) is 0.640. The molecule has 1 unspecified atom stereocenters. The van der Waals surface area contributed by atoms with Crippen molar-refractivity contribution in [2.45, 2.75) is 18.2 Å². The first-order chi connectivity index (χ1) is 11.0. The molecule has 1 aromatic carbocycles. The van der Waals surface area contributed by atoms with Gasteiger partial charge in [0, 0.05) is 18.4 Å². The van der Waals surface area contributed by atoms with Gasteiger partial charge < -0.3 is 10.1 Å². The lowest BCUT2D eigenvalue weighted by Crippen LogP contribution is -2.16. The summed E-state index contributed by atoms with van der Waals surface area (Å²) in [5.74, 6) is -0.0944. The topological polar surface area (TPSA) is 72.5 Å². The van der Waals surface area contributed by atoms with Crippen molar-refractivity contribution in [3.63, 3.8) is 0 Å². The van der Waals surface area contributed by atoms with Crippen molar-refractivity contribution in [2.75, 3.05) is 24.3 Å². The van der Waals surface area contributed by atoms with E-state index in [1.807, 2.05) is 13.0 Å². The van der Waals surface area contributed by atoms with Crippen LogP contribution in [0.3, 0.4) is 0 Å². The summed E-state index contributed by atoms with van der Waals surface area (Å²) in [6, 6.07) is 6.24. The van der Waals surface area contributed by atoms with E-state index in [0.717, 1.165) is 6.42 Å². The maximum atomic E-state index is 12.3.